The van der Waals surface area contributed by atoms with E-state index in [1.165, 1.54) is 44.1 Å². The van der Waals surface area contributed by atoms with Crippen molar-refractivity contribution in [3.05, 3.63) is 59.4 Å². The maximum atomic E-state index is 14.8. The number of aryl methyl sites for hydroxylation is 1. The van der Waals surface area contributed by atoms with Crippen LogP contribution in [0.1, 0.15) is 75.8 Å². The lowest BCUT2D eigenvalue weighted by Crippen LogP contribution is -2.29. The molecule has 1 heteroatoms. The van der Waals surface area contributed by atoms with Crippen LogP contribution in [0.4, 0.5) is 4.39 Å². The van der Waals surface area contributed by atoms with Crippen LogP contribution in [0.2, 0.25) is 0 Å². The van der Waals surface area contributed by atoms with Crippen molar-refractivity contribution < 1.29 is 4.39 Å². The fourth-order valence-electron chi connectivity index (χ4n) is 5.63. The minimum atomic E-state index is -0.0509. The van der Waals surface area contributed by atoms with Crippen LogP contribution in [-0.4, -0.2) is 0 Å². The highest BCUT2D eigenvalue weighted by atomic mass is 19.1. The van der Waals surface area contributed by atoms with Crippen molar-refractivity contribution in [3.8, 4) is 0 Å². The fraction of sp³-hybridized carbons (Fsp3) is 0.538. The molecule has 27 heavy (non-hydrogen) atoms. The number of halogens is 1. The van der Waals surface area contributed by atoms with Gasteiger partial charge in [0.15, 0.2) is 0 Å². The predicted octanol–water partition coefficient (Wildman–Crippen LogP) is 7.81. The molecule has 2 aliphatic rings. The van der Waals surface area contributed by atoms with Crippen LogP contribution in [0, 0.1) is 23.6 Å². The number of hydrogen-bond donors (Lipinski definition) is 0. The summed E-state index contributed by atoms with van der Waals surface area (Å²) in [6.45, 7) is 4.45. The molecule has 0 spiro atoms. The molecule has 0 aromatic heterocycles. The number of benzene rings is 2. The summed E-state index contributed by atoms with van der Waals surface area (Å²) < 4.78 is 14.8. The molecule has 4 atom stereocenters. The molecule has 0 amide bonds. The highest BCUT2D eigenvalue weighted by Crippen LogP contribution is 2.47. The Labute approximate surface area is 163 Å². The van der Waals surface area contributed by atoms with Gasteiger partial charge in [-0.1, -0.05) is 43.7 Å². The Hall–Kier alpha value is -1.63. The summed E-state index contributed by atoms with van der Waals surface area (Å²) in [4.78, 5) is 0. The molecular weight excluding hydrogens is 331 g/mol. The van der Waals surface area contributed by atoms with E-state index in [0.29, 0.717) is 5.92 Å². The van der Waals surface area contributed by atoms with Gasteiger partial charge in [-0.3, -0.25) is 0 Å². The van der Waals surface area contributed by atoms with Gasteiger partial charge in [0.05, 0.1) is 0 Å². The van der Waals surface area contributed by atoms with Crippen molar-refractivity contribution in [3.63, 3.8) is 0 Å². The Balaban J connectivity index is 1.53. The van der Waals surface area contributed by atoms with Gasteiger partial charge in [-0.2, -0.15) is 0 Å². The lowest BCUT2D eigenvalue weighted by Gasteiger charge is -2.41. The van der Waals surface area contributed by atoms with E-state index in [1.807, 2.05) is 6.92 Å². The van der Waals surface area contributed by atoms with Crippen molar-refractivity contribution in [2.24, 2.45) is 17.8 Å². The van der Waals surface area contributed by atoms with Crippen molar-refractivity contribution in [1.82, 2.24) is 0 Å². The summed E-state index contributed by atoms with van der Waals surface area (Å²) in [6.07, 6.45) is 14.3. The summed E-state index contributed by atoms with van der Waals surface area (Å²) in [6, 6.07) is 10.5. The Morgan fingerprint density at radius 2 is 1.81 bits per heavy atom. The van der Waals surface area contributed by atoms with E-state index in [0.717, 1.165) is 46.9 Å². The number of allylic oxidation sites excluding steroid dienone is 2. The zero-order valence-electron chi connectivity index (χ0n) is 16.9. The van der Waals surface area contributed by atoms with Gasteiger partial charge in [-0.25, -0.2) is 4.39 Å². The second-order valence-electron chi connectivity index (χ2n) is 9.11. The standard InChI is InChI=1S/C26H33F/c1-3-4-5-6-19-14-24-12-11-23(17-25(24)26(27)15-19)22-10-9-20-13-18(2)7-8-21(20)16-22/h3-4,11-12,14-15,17-18,20-22H,5-10,13,16H2,1-2H3/b4-3+. The first-order valence-corrected chi connectivity index (χ1v) is 11.0. The van der Waals surface area contributed by atoms with Gasteiger partial charge in [-0.15, -0.1) is 0 Å². The summed E-state index contributed by atoms with van der Waals surface area (Å²) in [7, 11) is 0. The lowest BCUT2D eigenvalue weighted by atomic mass is 9.64. The third-order valence-corrected chi connectivity index (χ3v) is 7.17. The monoisotopic (exact) mass is 364 g/mol. The van der Waals surface area contributed by atoms with Crippen LogP contribution < -0.4 is 0 Å². The highest BCUT2D eigenvalue weighted by molar-refractivity contribution is 5.84. The quantitative estimate of drug-likeness (QED) is 0.485. The van der Waals surface area contributed by atoms with Crippen molar-refractivity contribution >= 4 is 10.8 Å². The van der Waals surface area contributed by atoms with Crippen molar-refractivity contribution in [2.75, 3.05) is 0 Å². The molecule has 0 saturated heterocycles. The van der Waals surface area contributed by atoms with Crippen LogP contribution in [-0.2, 0) is 6.42 Å². The topological polar surface area (TPSA) is 0 Å². The third kappa shape index (κ3) is 4.13. The van der Waals surface area contributed by atoms with E-state index in [2.05, 4.69) is 43.3 Å². The van der Waals surface area contributed by atoms with Gasteiger partial charge >= 0.3 is 0 Å². The normalized spacial score (nSPS) is 28.6. The van der Waals surface area contributed by atoms with E-state index in [-0.39, 0.29) is 5.82 Å². The van der Waals surface area contributed by atoms with Gasteiger partial charge in [0.2, 0.25) is 0 Å². The smallest absolute Gasteiger partial charge is 0.131 e. The third-order valence-electron chi connectivity index (χ3n) is 7.17. The van der Waals surface area contributed by atoms with Crippen molar-refractivity contribution in [2.45, 2.75) is 71.1 Å². The van der Waals surface area contributed by atoms with E-state index in [4.69, 9.17) is 0 Å². The molecule has 2 saturated carbocycles. The minimum absolute atomic E-state index is 0.0509. The lowest BCUT2D eigenvalue weighted by molar-refractivity contribution is 0.124. The Kier molecular flexibility index (Phi) is 5.66. The highest BCUT2D eigenvalue weighted by Gasteiger charge is 2.34. The number of fused-ring (bicyclic) bond motifs is 2. The SMILES string of the molecule is C/C=C/CCc1cc(F)c2cc(C3CCC4CC(C)CCC4C3)ccc2c1. The number of rotatable bonds is 4. The fourth-order valence-corrected chi connectivity index (χ4v) is 5.63. The molecule has 2 fully saturated rings. The first-order valence-electron chi connectivity index (χ1n) is 11.0. The van der Waals surface area contributed by atoms with E-state index >= 15 is 0 Å². The van der Waals surface area contributed by atoms with Crippen LogP contribution in [0.5, 0.6) is 0 Å². The molecule has 4 rings (SSSR count). The van der Waals surface area contributed by atoms with E-state index in [1.54, 1.807) is 6.07 Å². The van der Waals surface area contributed by atoms with Crippen LogP contribution in [0.3, 0.4) is 0 Å². The van der Waals surface area contributed by atoms with E-state index in [9.17, 15) is 4.39 Å². The molecule has 0 radical (unpaired) electrons. The molecule has 2 aromatic carbocycles. The van der Waals surface area contributed by atoms with E-state index < -0.39 is 0 Å². The van der Waals surface area contributed by atoms with Gasteiger partial charge in [-0.05, 0) is 104 Å². The molecule has 4 unspecified atom stereocenters. The molecule has 0 bridgehead atoms. The Bertz CT molecular complexity index is 818. The average Bonchev–Trinajstić information content (AvgIpc) is 2.67. The zero-order valence-corrected chi connectivity index (χ0v) is 16.9. The largest absolute Gasteiger partial charge is 0.206 e. The predicted molar refractivity (Wildman–Crippen MR) is 114 cm³/mol. The maximum absolute atomic E-state index is 14.8. The van der Waals surface area contributed by atoms with Gasteiger partial charge < -0.3 is 0 Å². The molecular formula is C26H33F. The first kappa shape index (κ1) is 18.7. The maximum Gasteiger partial charge on any atom is 0.131 e. The first-order chi connectivity index (χ1) is 13.1. The molecule has 144 valence electrons. The average molecular weight is 365 g/mol. The Morgan fingerprint density at radius 3 is 2.67 bits per heavy atom. The van der Waals surface area contributed by atoms with Crippen LogP contribution in [0.25, 0.3) is 10.8 Å². The van der Waals surface area contributed by atoms with Crippen LogP contribution in [0.15, 0.2) is 42.5 Å². The second-order valence-corrected chi connectivity index (χ2v) is 9.11. The molecule has 2 aromatic rings. The molecule has 0 heterocycles. The summed E-state index contributed by atoms with van der Waals surface area (Å²) >= 11 is 0. The van der Waals surface area contributed by atoms with Crippen molar-refractivity contribution in [1.29, 1.82) is 0 Å². The van der Waals surface area contributed by atoms with Crippen LogP contribution >= 0.6 is 0 Å². The Morgan fingerprint density at radius 1 is 1.00 bits per heavy atom. The molecule has 2 aliphatic carbocycles. The van der Waals surface area contributed by atoms with Gasteiger partial charge in [0.25, 0.3) is 0 Å². The summed E-state index contributed by atoms with van der Waals surface area (Å²) in [5, 5.41) is 1.86. The molecule has 0 N–H and O–H groups in total. The van der Waals surface area contributed by atoms with Gasteiger partial charge in [0, 0.05) is 5.39 Å². The van der Waals surface area contributed by atoms with Gasteiger partial charge in [0.1, 0.15) is 5.82 Å². The molecule has 0 nitrogen and oxygen atoms in total. The number of hydrogen-bond acceptors (Lipinski definition) is 0. The zero-order chi connectivity index (χ0) is 18.8. The summed E-state index contributed by atoms with van der Waals surface area (Å²) in [5.74, 6) is 3.33. The molecule has 0 aliphatic heterocycles. The second kappa shape index (κ2) is 8.17. The summed E-state index contributed by atoms with van der Waals surface area (Å²) in [5.41, 5.74) is 2.46. The minimum Gasteiger partial charge on any atom is -0.206 e.